The van der Waals surface area contributed by atoms with Gasteiger partial charge in [-0.3, -0.25) is 9.59 Å². The van der Waals surface area contributed by atoms with Crippen LogP contribution in [-0.4, -0.2) is 43.2 Å². The molecule has 0 unspecified atom stereocenters. The quantitative estimate of drug-likeness (QED) is 0.408. The summed E-state index contributed by atoms with van der Waals surface area (Å²) in [5, 5.41) is 16.8. The van der Waals surface area contributed by atoms with Gasteiger partial charge in [0, 0.05) is 19.7 Å². The maximum Gasteiger partial charge on any atom is 0.224 e. The van der Waals surface area contributed by atoms with Crippen LogP contribution >= 0.6 is 0 Å². The van der Waals surface area contributed by atoms with Gasteiger partial charge >= 0.3 is 0 Å². The number of benzene rings is 1. The van der Waals surface area contributed by atoms with E-state index in [1.54, 1.807) is 0 Å². The van der Waals surface area contributed by atoms with E-state index < -0.39 is 0 Å². The van der Waals surface area contributed by atoms with E-state index in [0.717, 1.165) is 11.1 Å². The van der Waals surface area contributed by atoms with Gasteiger partial charge < -0.3 is 15.7 Å². The minimum Gasteiger partial charge on any atom is -0.396 e. The zero-order valence-corrected chi connectivity index (χ0v) is 13.1. The summed E-state index contributed by atoms with van der Waals surface area (Å²) >= 11 is 0. The molecule has 0 aliphatic rings. The highest BCUT2D eigenvalue weighted by Gasteiger charge is 2.05. The second kappa shape index (κ2) is 11.3. The van der Waals surface area contributed by atoms with Crippen LogP contribution in [0.3, 0.4) is 0 Å². The predicted molar refractivity (Wildman–Crippen MR) is 86.9 cm³/mol. The smallest absolute Gasteiger partial charge is 0.224 e. The molecule has 2 amide bonds. The van der Waals surface area contributed by atoms with Gasteiger partial charge in [0.1, 0.15) is 0 Å². The lowest BCUT2D eigenvalue weighted by atomic mass is 10.1. The number of nitroso groups, excluding NO2 is 1. The van der Waals surface area contributed by atoms with Gasteiger partial charge in [0.05, 0.1) is 19.4 Å². The van der Waals surface area contributed by atoms with Crippen molar-refractivity contribution in [1.82, 2.24) is 10.6 Å². The highest BCUT2D eigenvalue weighted by Crippen LogP contribution is 2.06. The Labute approximate surface area is 135 Å². The largest absolute Gasteiger partial charge is 0.396 e. The zero-order chi connectivity index (χ0) is 16.9. The molecule has 1 aromatic rings. The summed E-state index contributed by atoms with van der Waals surface area (Å²) in [6.45, 7) is 1.17. The fraction of sp³-hybridized carbons (Fsp3) is 0.500. The summed E-state index contributed by atoms with van der Waals surface area (Å²) in [5.74, 6) is -0.196. The molecule has 23 heavy (non-hydrogen) atoms. The third kappa shape index (κ3) is 8.67. The molecule has 0 saturated carbocycles. The molecule has 0 spiro atoms. The summed E-state index contributed by atoms with van der Waals surface area (Å²) in [7, 11) is 0. The predicted octanol–water partition coefficient (Wildman–Crippen LogP) is 0.543. The lowest BCUT2D eigenvalue weighted by Crippen LogP contribution is -2.27. The minimum atomic E-state index is -0.106. The number of hydrogen-bond acceptors (Lipinski definition) is 5. The summed E-state index contributed by atoms with van der Waals surface area (Å²) in [6, 6.07) is 7.29. The normalized spacial score (nSPS) is 10.1. The summed E-state index contributed by atoms with van der Waals surface area (Å²) in [4.78, 5) is 33.2. The molecule has 1 aromatic carbocycles. The molecule has 1 rings (SSSR count). The van der Waals surface area contributed by atoms with E-state index in [4.69, 9.17) is 5.11 Å². The van der Waals surface area contributed by atoms with Gasteiger partial charge in [0.2, 0.25) is 11.8 Å². The highest BCUT2D eigenvalue weighted by molar-refractivity contribution is 5.79. The average molecular weight is 321 g/mol. The van der Waals surface area contributed by atoms with Gasteiger partial charge in [-0.25, -0.2) is 0 Å². The lowest BCUT2D eigenvalue weighted by Gasteiger charge is -2.06. The Kier molecular flexibility index (Phi) is 9.23. The third-order valence-electron chi connectivity index (χ3n) is 3.16. The van der Waals surface area contributed by atoms with Crippen molar-refractivity contribution in [2.24, 2.45) is 5.18 Å². The molecule has 7 nitrogen and oxygen atoms in total. The van der Waals surface area contributed by atoms with E-state index in [-0.39, 0.29) is 37.8 Å². The molecule has 0 radical (unpaired) electrons. The number of carbonyl (C=O) groups excluding carboxylic acids is 2. The topological polar surface area (TPSA) is 108 Å². The molecular formula is C16H23N3O4. The molecule has 0 fully saturated rings. The Morgan fingerprint density at radius 3 is 1.83 bits per heavy atom. The van der Waals surface area contributed by atoms with Crippen LogP contribution in [0.15, 0.2) is 29.4 Å². The average Bonchev–Trinajstić information content (AvgIpc) is 2.54. The van der Waals surface area contributed by atoms with E-state index in [1.165, 1.54) is 0 Å². The van der Waals surface area contributed by atoms with Gasteiger partial charge in [-0.15, -0.1) is 0 Å². The Morgan fingerprint density at radius 2 is 1.39 bits per heavy atom. The number of amides is 2. The molecule has 0 aliphatic carbocycles. The van der Waals surface area contributed by atoms with Crippen molar-refractivity contribution >= 4 is 11.8 Å². The Morgan fingerprint density at radius 1 is 0.913 bits per heavy atom. The number of rotatable bonds is 11. The number of aliphatic hydroxyl groups excluding tert-OH is 1. The second-order valence-electron chi connectivity index (χ2n) is 5.15. The van der Waals surface area contributed by atoms with Crippen LogP contribution in [0.5, 0.6) is 0 Å². The standard InChI is InChI=1S/C16H23N3O4/c20-10-2-8-18-16(22)12-14-5-3-13(4-6-14)11-15(21)17-7-1-9-19-23/h3-6,20H,1-2,7-12H2,(H,17,21)(H,18,22). The first-order chi connectivity index (χ1) is 11.2. The van der Waals surface area contributed by atoms with E-state index in [2.05, 4.69) is 15.8 Å². The van der Waals surface area contributed by atoms with E-state index >= 15 is 0 Å². The van der Waals surface area contributed by atoms with Crippen molar-refractivity contribution in [2.45, 2.75) is 25.7 Å². The molecule has 0 atom stereocenters. The van der Waals surface area contributed by atoms with Crippen LogP contribution in [0.25, 0.3) is 0 Å². The Hall–Kier alpha value is -2.28. The third-order valence-corrected chi connectivity index (χ3v) is 3.16. The van der Waals surface area contributed by atoms with Crippen LogP contribution < -0.4 is 10.6 Å². The van der Waals surface area contributed by atoms with Crippen molar-refractivity contribution in [3.8, 4) is 0 Å². The van der Waals surface area contributed by atoms with E-state index in [1.807, 2.05) is 24.3 Å². The SMILES string of the molecule is O=NCCCNC(=O)Cc1ccc(CC(=O)NCCCO)cc1. The van der Waals surface area contributed by atoms with Crippen molar-refractivity contribution < 1.29 is 14.7 Å². The maximum absolute atomic E-state index is 11.7. The molecule has 0 heterocycles. The van der Waals surface area contributed by atoms with Gasteiger partial charge in [-0.05, 0) is 24.0 Å². The zero-order valence-electron chi connectivity index (χ0n) is 13.1. The summed E-state index contributed by atoms with van der Waals surface area (Å²) in [6.07, 6.45) is 1.62. The van der Waals surface area contributed by atoms with Crippen molar-refractivity contribution in [3.63, 3.8) is 0 Å². The number of nitrogens with one attached hydrogen (secondary N) is 2. The number of hydrogen-bond donors (Lipinski definition) is 3. The number of nitrogens with zero attached hydrogens (tertiary/aromatic N) is 1. The Bertz CT molecular complexity index is 503. The van der Waals surface area contributed by atoms with Crippen molar-refractivity contribution in [2.75, 3.05) is 26.2 Å². The molecule has 0 saturated heterocycles. The lowest BCUT2D eigenvalue weighted by molar-refractivity contribution is -0.121. The van der Waals surface area contributed by atoms with Gasteiger partial charge in [0.25, 0.3) is 0 Å². The molecule has 0 aliphatic heterocycles. The molecule has 3 N–H and O–H groups in total. The van der Waals surface area contributed by atoms with Gasteiger partial charge in [-0.2, -0.15) is 4.91 Å². The Balaban J connectivity index is 2.33. The van der Waals surface area contributed by atoms with Crippen LogP contribution in [0.1, 0.15) is 24.0 Å². The number of aliphatic hydroxyl groups is 1. The molecule has 126 valence electrons. The fourth-order valence-electron chi connectivity index (χ4n) is 1.95. The van der Waals surface area contributed by atoms with Crippen molar-refractivity contribution in [1.29, 1.82) is 0 Å². The van der Waals surface area contributed by atoms with Crippen molar-refractivity contribution in [3.05, 3.63) is 40.3 Å². The minimum absolute atomic E-state index is 0.0582. The highest BCUT2D eigenvalue weighted by atomic mass is 16.3. The number of carbonyl (C=O) groups is 2. The monoisotopic (exact) mass is 321 g/mol. The molecule has 0 aromatic heterocycles. The van der Waals surface area contributed by atoms with E-state index in [0.29, 0.717) is 25.9 Å². The van der Waals surface area contributed by atoms with Crippen LogP contribution in [0.2, 0.25) is 0 Å². The van der Waals surface area contributed by atoms with Gasteiger partial charge in [0.15, 0.2) is 0 Å². The van der Waals surface area contributed by atoms with Crippen LogP contribution in [0.4, 0.5) is 0 Å². The molecular weight excluding hydrogens is 298 g/mol. The maximum atomic E-state index is 11.7. The van der Waals surface area contributed by atoms with E-state index in [9.17, 15) is 14.5 Å². The first-order valence-corrected chi connectivity index (χ1v) is 7.67. The first kappa shape index (κ1) is 18.8. The summed E-state index contributed by atoms with van der Waals surface area (Å²) in [5.41, 5.74) is 1.73. The molecule has 0 bridgehead atoms. The first-order valence-electron chi connectivity index (χ1n) is 7.67. The van der Waals surface area contributed by atoms with Gasteiger partial charge in [-0.1, -0.05) is 29.4 Å². The molecule has 7 heteroatoms. The summed E-state index contributed by atoms with van der Waals surface area (Å²) < 4.78 is 0. The van der Waals surface area contributed by atoms with Crippen LogP contribution in [0, 0.1) is 4.91 Å². The fourth-order valence-corrected chi connectivity index (χ4v) is 1.95. The second-order valence-corrected chi connectivity index (χ2v) is 5.15. The van der Waals surface area contributed by atoms with Crippen LogP contribution in [-0.2, 0) is 22.4 Å².